The Hall–Kier alpha value is -2.66. The molecule has 0 radical (unpaired) electrons. The fraction of sp³-hybridized carbons (Fsp3) is 0.391. The second kappa shape index (κ2) is 9.51. The highest BCUT2D eigenvalue weighted by Gasteiger charge is 2.21. The molecule has 2 amide bonds. The number of ether oxygens (including phenoxy) is 1. The summed E-state index contributed by atoms with van der Waals surface area (Å²) in [7, 11) is 0. The maximum Gasteiger partial charge on any atom is 0.227 e. The first kappa shape index (κ1) is 20.1. The highest BCUT2D eigenvalue weighted by Crippen LogP contribution is 2.21. The van der Waals surface area contributed by atoms with Gasteiger partial charge in [-0.25, -0.2) is 0 Å². The van der Waals surface area contributed by atoms with E-state index in [1.165, 1.54) is 0 Å². The van der Waals surface area contributed by atoms with E-state index in [0.717, 1.165) is 35.3 Å². The standard InChI is InChI=1S/C23H28N2O3/c1-17(2)28-16-20-7-5-19(6-8-20)15-24-22(26)14-18-9-11-21(12-10-18)25-13-3-4-23(25)27/h5-12,17H,3-4,13-16H2,1-2H3,(H,24,26). The van der Waals surface area contributed by atoms with E-state index in [0.29, 0.717) is 26.0 Å². The summed E-state index contributed by atoms with van der Waals surface area (Å²) < 4.78 is 5.59. The molecule has 1 heterocycles. The number of hydrogen-bond acceptors (Lipinski definition) is 3. The normalized spacial score (nSPS) is 14.0. The molecule has 5 heteroatoms. The number of carbonyl (C=O) groups excluding carboxylic acids is 2. The second-order valence-electron chi connectivity index (χ2n) is 7.45. The molecule has 1 fully saturated rings. The molecule has 0 unspecified atom stereocenters. The fourth-order valence-electron chi connectivity index (χ4n) is 3.18. The van der Waals surface area contributed by atoms with Crippen LogP contribution < -0.4 is 10.2 Å². The summed E-state index contributed by atoms with van der Waals surface area (Å²) in [6, 6.07) is 15.8. The Kier molecular flexibility index (Phi) is 6.82. The number of hydrogen-bond donors (Lipinski definition) is 1. The molecule has 0 aliphatic carbocycles. The van der Waals surface area contributed by atoms with E-state index >= 15 is 0 Å². The van der Waals surface area contributed by atoms with Gasteiger partial charge in [0, 0.05) is 25.2 Å². The summed E-state index contributed by atoms with van der Waals surface area (Å²) in [5.74, 6) is 0.157. The average molecular weight is 380 g/mol. The molecule has 0 saturated carbocycles. The van der Waals surface area contributed by atoms with Gasteiger partial charge in [-0.2, -0.15) is 0 Å². The van der Waals surface area contributed by atoms with Crippen LogP contribution in [0.15, 0.2) is 48.5 Å². The number of rotatable bonds is 8. The number of carbonyl (C=O) groups is 2. The molecule has 2 aromatic carbocycles. The number of benzene rings is 2. The van der Waals surface area contributed by atoms with Crippen LogP contribution in [0.2, 0.25) is 0 Å². The molecule has 0 atom stereocenters. The van der Waals surface area contributed by atoms with Crippen LogP contribution in [0.1, 0.15) is 43.4 Å². The third-order valence-electron chi connectivity index (χ3n) is 4.78. The Balaban J connectivity index is 1.45. The molecule has 2 aromatic rings. The average Bonchev–Trinajstić information content (AvgIpc) is 3.12. The van der Waals surface area contributed by atoms with Crippen LogP contribution in [0.25, 0.3) is 0 Å². The van der Waals surface area contributed by atoms with E-state index in [-0.39, 0.29) is 17.9 Å². The quantitative estimate of drug-likeness (QED) is 0.761. The Morgan fingerprint density at radius 2 is 1.68 bits per heavy atom. The molecule has 3 rings (SSSR count). The van der Waals surface area contributed by atoms with Crippen molar-refractivity contribution in [3.8, 4) is 0 Å². The van der Waals surface area contributed by atoms with Gasteiger partial charge in [0.25, 0.3) is 0 Å². The lowest BCUT2D eigenvalue weighted by Crippen LogP contribution is -2.25. The molecule has 1 aliphatic heterocycles. The summed E-state index contributed by atoms with van der Waals surface area (Å²) >= 11 is 0. The molecule has 28 heavy (non-hydrogen) atoms. The largest absolute Gasteiger partial charge is 0.374 e. The first-order valence-corrected chi connectivity index (χ1v) is 9.86. The van der Waals surface area contributed by atoms with Crippen LogP contribution in [-0.2, 0) is 33.9 Å². The van der Waals surface area contributed by atoms with Crippen molar-refractivity contribution in [1.29, 1.82) is 0 Å². The molecule has 1 aliphatic rings. The van der Waals surface area contributed by atoms with E-state index < -0.39 is 0 Å². The van der Waals surface area contributed by atoms with Crippen LogP contribution in [0, 0.1) is 0 Å². The van der Waals surface area contributed by atoms with Crippen LogP contribution in [0.5, 0.6) is 0 Å². The van der Waals surface area contributed by atoms with Gasteiger partial charge < -0.3 is 15.0 Å². The molecule has 5 nitrogen and oxygen atoms in total. The van der Waals surface area contributed by atoms with Crippen LogP contribution in [0.4, 0.5) is 5.69 Å². The smallest absolute Gasteiger partial charge is 0.227 e. The third-order valence-corrected chi connectivity index (χ3v) is 4.78. The molecule has 0 aromatic heterocycles. The van der Waals surface area contributed by atoms with Gasteiger partial charge in [-0.15, -0.1) is 0 Å². The van der Waals surface area contributed by atoms with E-state index in [1.54, 1.807) is 4.90 Å². The predicted octanol–water partition coefficient (Wildman–Crippen LogP) is 3.60. The minimum atomic E-state index is -0.0165. The maximum absolute atomic E-state index is 12.2. The zero-order valence-electron chi connectivity index (χ0n) is 16.6. The van der Waals surface area contributed by atoms with Gasteiger partial charge in [0.1, 0.15) is 0 Å². The monoisotopic (exact) mass is 380 g/mol. The lowest BCUT2D eigenvalue weighted by atomic mass is 10.1. The summed E-state index contributed by atoms with van der Waals surface area (Å²) in [6.45, 7) is 5.92. The molecule has 0 bridgehead atoms. The summed E-state index contributed by atoms with van der Waals surface area (Å²) in [4.78, 5) is 25.8. The molecule has 0 spiro atoms. The van der Waals surface area contributed by atoms with E-state index in [9.17, 15) is 9.59 Å². The molecule has 148 valence electrons. The SMILES string of the molecule is CC(C)OCc1ccc(CNC(=O)Cc2ccc(N3CCCC3=O)cc2)cc1. The Labute approximate surface area is 166 Å². The van der Waals surface area contributed by atoms with E-state index in [1.807, 2.05) is 62.4 Å². The molecule has 1 saturated heterocycles. The number of nitrogens with zero attached hydrogens (tertiary/aromatic N) is 1. The highest BCUT2D eigenvalue weighted by atomic mass is 16.5. The van der Waals surface area contributed by atoms with Crippen molar-refractivity contribution < 1.29 is 14.3 Å². The zero-order valence-corrected chi connectivity index (χ0v) is 16.6. The van der Waals surface area contributed by atoms with Gasteiger partial charge in [-0.3, -0.25) is 9.59 Å². The fourth-order valence-corrected chi connectivity index (χ4v) is 3.18. The van der Waals surface area contributed by atoms with Crippen molar-refractivity contribution >= 4 is 17.5 Å². The van der Waals surface area contributed by atoms with Gasteiger partial charge in [0.05, 0.1) is 19.1 Å². The van der Waals surface area contributed by atoms with Crippen molar-refractivity contribution in [2.45, 2.75) is 52.4 Å². The number of nitrogens with one attached hydrogen (secondary N) is 1. The van der Waals surface area contributed by atoms with Crippen molar-refractivity contribution in [3.05, 3.63) is 65.2 Å². The van der Waals surface area contributed by atoms with Gasteiger partial charge in [-0.05, 0) is 49.1 Å². The summed E-state index contributed by atoms with van der Waals surface area (Å²) in [5, 5.41) is 2.96. The lowest BCUT2D eigenvalue weighted by Gasteiger charge is -2.15. The Morgan fingerprint density at radius 1 is 1.04 bits per heavy atom. The summed E-state index contributed by atoms with van der Waals surface area (Å²) in [5.41, 5.74) is 4.03. The van der Waals surface area contributed by atoms with Crippen LogP contribution in [-0.4, -0.2) is 24.5 Å². The van der Waals surface area contributed by atoms with Crippen molar-refractivity contribution in [2.24, 2.45) is 0 Å². The first-order valence-electron chi connectivity index (χ1n) is 9.86. The molecule has 1 N–H and O–H groups in total. The van der Waals surface area contributed by atoms with Crippen molar-refractivity contribution in [3.63, 3.8) is 0 Å². The third kappa shape index (κ3) is 5.67. The number of amides is 2. The topological polar surface area (TPSA) is 58.6 Å². The minimum Gasteiger partial charge on any atom is -0.374 e. The van der Waals surface area contributed by atoms with Gasteiger partial charge in [-0.1, -0.05) is 36.4 Å². The predicted molar refractivity (Wildman–Crippen MR) is 110 cm³/mol. The van der Waals surface area contributed by atoms with Crippen molar-refractivity contribution in [1.82, 2.24) is 5.32 Å². The van der Waals surface area contributed by atoms with Gasteiger partial charge >= 0.3 is 0 Å². The van der Waals surface area contributed by atoms with Crippen LogP contribution in [0.3, 0.4) is 0 Å². The summed E-state index contributed by atoms with van der Waals surface area (Å²) in [6.07, 6.45) is 2.07. The second-order valence-corrected chi connectivity index (χ2v) is 7.45. The lowest BCUT2D eigenvalue weighted by molar-refractivity contribution is -0.120. The molecular weight excluding hydrogens is 352 g/mol. The van der Waals surface area contributed by atoms with E-state index in [2.05, 4.69) is 5.32 Å². The van der Waals surface area contributed by atoms with Crippen LogP contribution >= 0.6 is 0 Å². The van der Waals surface area contributed by atoms with Crippen molar-refractivity contribution in [2.75, 3.05) is 11.4 Å². The Morgan fingerprint density at radius 3 is 2.29 bits per heavy atom. The highest BCUT2D eigenvalue weighted by molar-refractivity contribution is 5.95. The first-order chi connectivity index (χ1) is 13.5. The van der Waals surface area contributed by atoms with Gasteiger partial charge in [0.2, 0.25) is 11.8 Å². The van der Waals surface area contributed by atoms with E-state index in [4.69, 9.17) is 4.74 Å². The molecular formula is C23H28N2O3. The van der Waals surface area contributed by atoms with Gasteiger partial charge in [0.15, 0.2) is 0 Å². The minimum absolute atomic E-state index is 0.0165. The Bertz CT molecular complexity index is 798. The zero-order chi connectivity index (χ0) is 19.9. The maximum atomic E-state index is 12.2. The number of anilines is 1.